The van der Waals surface area contributed by atoms with Gasteiger partial charge in [-0.1, -0.05) is 6.92 Å². The van der Waals surface area contributed by atoms with Gasteiger partial charge < -0.3 is 10.1 Å². The molecule has 13 heavy (non-hydrogen) atoms. The smallest absolute Gasteiger partial charge is 0.202 e. The molecule has 4 nitrogen and oxygen atoms in total. The van der Waals surface area contributed by atoms with E-state index in [0.717, 1.165) is 37.7 Å². The summed E-state index contributed by atoms with van der Waals surface area (Å²) in [6.45, 7) is 4.69. The van der Waals surface area contributed by atoms with Crippen LogP contribution in [0.1, 0.15) is 19.8 Å². The summed E-state index contributed by atoms with van der Waals surface area (Å²) >= 11 is 1.38. The van der Waals surface area contributed by atoms with E-state index in [4.69, 9.17) is 4.74 Å². The first-order chi connectivity index (χ1) is 6.43. The van der Waals surface area contributed by atoms with Gasteiger partial charge in [-0.3, -0.25) is 0 Å². The van der Waals surface area contributed by atoms with Crippen molar-refractivity contribution in [3.05, 3.63) is 6.33 Å². The summed E-state index contributed by atoms with van der Waals surface area (Å²) in [5.74, 6) is 0. The van der Waals surface area contributed by atoms with Crippen LogP contribution in [0.15, 0.2) is 6.33 Å². The molecule has 0 aliphatic heterocycles. The van der Waals surface area contributed by atoms with Crippen LogP contribution in [0.3, 0.4) is 0 Å². The van der Waals surface area contributed by atoms with E-state index in [1.54, 1.807) is 6.33 Å². The lowest BCUT2D eigenvalue weighted by atomic mass is 10.4. The fourth-order valence-corrected chi connectivity index (χ4v) is 1.32. The first kappa shape index (κ1) is 10.4. The zero-order valence-electron chi connectivity index (χ0n) is 7.82. The Morgan fingerprint density at radius 1 is 1.54 bits per heavy atom. The van der Waals surface area contributed by atoms with E-state index in [1.807, 2.05) is 0 Å². The molecule has 0 amide bonds. The van der Waals surface area contributed by atoms with E-state index in [0.29, 0.717) is 0 Å². The average Bonchev–Trinajstić information content (AvgIpc) is 2.63. The molecule has 0 radical (unpaired) electrons. The van der Waals surface area contributed by atoms with Crippen LogP contribution in [0, 0.1) is 0 Å². The maximum atomic E-state index is 5.33. The molecule has 1 N–H and O–H groups in total. The van der Waals surface area contributed by atoms with Crippen LogP contribution in [0.5, 0.6) is 0 Å². The van der Waals surface area contributed by atoms with Gasteiger partial charge in [0.2, 0.25) is 5.13 Å². The third-order valence-corrected chi connectivity index (χ3v) is 2.07. The van der Waals surface area contributed by atoms with Crippen LogP contribution >= 0.6 is 11.5 Å². The molecule has 74 valence electrons. The Labute approximate surface area is 82.5 Å². The van der Waals surface area contributed by atoms with Crippen molar-refractivity contribution in [2.45, 2.75) is 19.8 Å². The van der Waals surface area contributed by atoms with Gasteiger partial charge in [0.15, 0.2) is 0 Å². The number of hydrogen-bond donors (Lipinski definition) is 1. The van der Waals surface area contributed by atoms with Gasteiger partial charge in [0.1, 0.15) is 6.33 Å². The molecule has 0 saturated carbocycles. The van der Waals surface area contributed by atoms with Crippen molar-refractivity contribution >= 4 is 16.7 Å². The van der Waals surface area contributed by atoms with Crippen LogP contribution < -0.4 is 5.32 Å². The van der Waals surface area contributed by atoms with Crippen LogP contribution in [0.2, 0.25) is 0 Å². The maximum absolute atomic E-state index is 5.33. The van der Waals surface area contributed by atoms with E-state index in [9.17, 15) is 0 Å². The largest absolute Gasteiger partial charge is 0.381 e. The van der Waals surface area contributed by atoms with Gasteiger partial charge in [-0.25, -0.2) is 4.98 Å². The summed E-state index contributed by atoms with van der Waals surface area (Å²) in [5, 5.41) is 4.05. The first-order valence-electron chi connectivity index (χ1n) is 4.51. The molecule has 0 fully saturated rings. The molecular formula is C8H15N3OS. The maximum Gasteiger partial charge on any atom is 0.202 e. The molecule has 0 atom stereocenters. The highest BCUT2D eigenvalue weighted by molar-refractivity contribution is 7.09. The highest BCUT2D eigenvalue weighted by Gasteiger charge is 1.93. The fourth-order valence-electron chi connectivity index (χ4n) is 0.867. The normalized spacial score (nSPS) is 10.2. The molecule has 0 aliphatic carbocycles. The second-order valence-electron chi connectivity index (χ2n) is 2.64. The summed E-state index contributed by atoms with van der Waals surface area (Å²) in [4.78, 5) is 4.01. The molecule has 0 spiro atoms. The minimum Gasteiger partial charge on any atom is -0.381 e. The standard InChI is InChI=1S/C8H15N3OS/c1-2-5-12-6-3-4-9-8-10-7-11-13-8/h7H,2-6H2,1H3,(H,9,10,11). The molecule has 0 aromatic carbocycles. The monoisotopic (exact) mass is 201 g/mol. The first-order valence-corrected chi connectivity index (χ1v) is 5.29. The SMILES string of the molecule is CCCOCCCNc1ncns1. The van der Waals surface area contributed by atoms with Crippen molar-refractivity contribution < 1.29 is 4.74 Å². The topological polar surface area (TPSA) is 47.0 Å². The highest BCUT2D eigenvalue weighted by Crippen LogP contribution is 2.05. The predicted octanol–water partition coefficient (Wildman–Crippen LogP) is 1.77. The fraction of sp³-hybridized carbons (Fsp3) is 0.750. The van der Waals surface area contributed by atoms with E-state index in [2.05, 4.69) is 21.6 Å². The van der Waals surface area contributed by atoms with Crippen molar-refractivity contribution in [2.24, 2.45) is 0 Å². The second-order valence-corrected chi connectivity index (χ2v) is 3.42. The third kappa shape index (κ3) is 4.80. The van der Waals surface area contributed by atoms with Crippen LogP contribution in [-0.4, -0.2) is 29.1 Å². The minimum absolute atomic E-state index is 0.819. The van der Waals surface area contributed by atoms with Gasteiger partial charge in [-0.15, -0.1) is 0 Å². The van der Waals surface area contributed by atoms with Crippen LogP contribution in [0.4, 0.5) is 5.13 Å². The summed E-state index contributed by atoms with van der Waals surface area (Å²) in [6.07, 6.45) is 3.66. The van der Waals surface area contributed by atoms with Crippen LogP contribution in [-0.2, 0) is 4.74 Å². The lowest BCUT2D eigenvalue weighted by molar-refractivity contribution is 0.134. The lowest BCUT2D eigenvalue weighted by Gasteiger charge is -2.02. The molecule has 0 saturated heterocycles. The van der Waals surface area contributed by atoms with Gasteiger partial charge in [0, 0.05) is 31.3 Å². The van der Waals surface area contributed by atoms with Crippen molar-refractivity contribution in [1.82, 2.24) is 9.36 Å². The Bertz CT molecular complexity index is 203. The van der Waals surface area contributed by atoms with Gasteiger partial charge in [0.25, 0.3) is 0 Å². The van der Waals surface area contributed by atoms with E-state index >= 15 is 0 Å². The molecule has 1 heterocycles. The van der Waals surface area contributed by atoms with Gasteiger partial charge in [-0.2, -0.15) is 4.37 Å². The minimum atomic E-state index is 0.819. The van der Waals surface area contributed by atoms with E-state index < -0.39 is 0 Å². The Balaban J connectivity index is 1.90. The number of aromatic nitrogens is 2. The van der Waals surface area contributed by atoms with Crippen molar-refractivity contribution in [3.63, 3.8) is 0 Å². The molecule has 1 rings (SSSR count). The van der Waals surface area contributed by atoms with E-state index in [1.165, 1.54) is 11.5 Å². The summed E-state index contributed by atoms with van der Waals surface area (Å²) in [6, 6.07) is 0. The number of rotatable bonds is 7. The highest BCUT2D eigenvalue weighted by atomic mass is 32.1. The molecule has 0 aliphatic rings. The molecule has 5 heteroatoms. The van der Waals surface area contributed by atoms with Crippen molar-refractivity contribution in [1.29, 1.82) is 0 Å². The molecule has 0 unspecified atom stereocenters. The molecular weight excluding hydrogens is 186 g/mol. The van der Waals surface area contributed by atoms with Gasteiger partial charge in [0.05, 0.1) is 0 Å². The van der Waals surface area contributed by atoms with Gasteiger partial charge in [-0.05, 0) is 12.8 Å². The number of nitrogens with one attached hydrogen (secondary N) is 1. The number of anilines is 1. The predicted molar refractivity (Wildman–Crippen MR) is 54.1 cm³/mol. The summed E-state index contributed by atoms with van der Waals surface area (Å²) in [7, 11) is 0. The average molecular weight is 201 g/mol. The van der Waals surface area contributed by atoms with Crippen molar-refractivity contribution in [3.8, 4) is 0 Å². The van der Waals surface area contributed by atoms with Crippen molar-refractivity contribution in [2.75, 3.05) is 25.1 Å². The zero-order chi connectivity index (χ0) is 9.36. The molecule has 0 bridgehead atoms. The summed E-state index contributed by atoms with van der Waals surface area (Å²) in [5.41, 5.74) is 0. The third-order valence-electron chi connectivity index (χ3n) is 1.45. The van der Waals surface area contributed by atoms with Crippen LogP contribution in [0.25, 0.3) is 0 Å². The Hall–Kier alpha value is -0.680. The summed E-state index contributed by atoms with van der Waals surface area (Å²) < 4.78 is 9.22. The van der Waals surface area contributed by atoms with E-state index in [-0.39, 0.29) is 0 Å². The number of hydrogen-bond acceptors (Lipinski definition) is 5. The molecule has 1 aromatic rings. The lowest BCUT2D eigenvalue weighted by Crippen LogP contribution is -2.05. The Morgan fingerprint density at radius 2 is 2.46 bits per heavy atom. The Morgan fingerprint density at radius 3 is 3.15 bits per heavy atom. The molecule has 1 aromatic heterocycles. The number of ether oxygens (including phenoxy) is 1. The zero-order valence-corrected chi connectivity index (χ0v) is 8.64. The van der Waals surface area contributed by atoms with Gasteiger partial charge >= 0.3 is 0 Å². The number of nitrogens with zero attached hydrogens (tertiary/aromatic N) is 2. The quantitative estimate of drug-likeness (QED) is 0.683. The second kappa shape index (κ2) is 6.80. The Kier molecular flexibility index (Phi) is 5.44.